The van der Waals surface area contributed by atoms with Crippen LogP contribution in [0.2, 0.25) is 0 Å². The van der Waals surface area contributed by atoms with Crippen LogP contribution in [0.5, 0.6) is 0 Å². The predicted molar refractivity (Wildman–Crippen MR) is 150 cm³/mol. The number of alkyl halides is 9. The summed E-state index contributed by atoms with van der Waals surface area (Å²) >= 11 is 0. The lowest BCUT2D eigenvalue weighted by atomic mass is 9.90. The lowest BCUT2D eigenvalue weighted by Gasteiger charge is -2.34. The second-order valence-electron chi connectivity index (χ2n) is 11.2. The van der Waals surface area contributed by atoms with Crippen molar-refractivity contribution >= 4 is 11.6 Å². The quantitative estimate of drug-likeness (QED) is 0.197. The molecule has 0 spiro atoms. The van der Waals surface area contributed by atoms with Crippen LogP contribution in [0.25, 0.3) is 0 Å². The monoisotopic (exact) mass is 657 g/mol. The minimum Gasteiger partial charge on any atom is -0.367 e. The van der Waals surface area contributed by atoms with Crippen molar-refractivity contribution < 1.29 is 39.5 Å². The van der Waals surface area contributed by atoms with Gasteiger partial charge in [0.1, 0.15) is 0 Å². The first-order valence-electron chi connectivity index (χ1n) is 14.1. The van der Waals surface area contributed by atoms with Crippen molar-refractivity contribution in [2.45, 2.75) is 64.3 Å². The Bertz CT molecular complexity index is 1660. The maximum Gasteiger partial charge on any atom is 0.416 e. The van der Waals surface area contributed by atoms with Crippen LogP contribution in [0, 0.1) is 13.8 Å². The molecule has 0 bridgehead atoms. The summed E-state index contributed by atoms with van der Waals surface area (Å²) in [6, 6.07) is 5.29. The van der Waals surface area contributed by atoms with Gasteiger partial charge in [-0.1, -0.05) is 11.2 Å². The Labute approximate surface area is 257 Å². The molecule has 0 amide bonds. The molecule has 16 heteroatoms. The van der Waals surface area contributed by atoms with Gasteiger partial charge in [0, 0.05) is 37.7 Å². The summed E-state index contributed by atoms with van der Waals surface area (Å²) in [4.78, 5) is 8.28. The zero-order valence-electron chi connectivity index (χ0n) is 24.8. The standard InChI is InChI=1S/C30H28F9N7/c1-17-11-23-24(5-4-10-45(15-19-6-8-40-9-7-19)26(23)18(2)25(17)30(37,38)39)46(27-41-43-44(3)42-27)16-20-12-21(28(31,32)33)14-22(13-20)29(34,35)36/h6-9,11-14,24H,4-5,10,15-16H2,1-3H3. The van der Waals surface area contributed by atoms with Crippen LogP contribution in [-0.2, 0) is 38.7 Å². The molecule has 0 aliphatic carbocycles. The molecule has 1 aliphatic rings. The van der Waals surface area contributed by atoms with Gasteiger partial charge in [0.15, 0.2) is 0 Å². The second kappa shape index (κ2) is 12.1. The smallest absolute Gasteiger partial charge is 0.367 e. The summed E-state index contributed by atoms with van der Waals surface area (Å²) < 4.78 is 125. The third-order valence-corrected chi connectivity index (χ3v) is 7.89. The summed E-state index contributed by atoms with van der Waals surface area (Å²) in [7, 11) is 1.43. The van der Waals surface area contributed by atoms with Gasteiger partial charge in [0.25, 0.3) is 5.95 Å². The first kappa shape index (κ1) is 33.0. The largest absolute Gasteiger partial charge is 0.416 e. The number of benzene rings is 2. The number of aryl methyl sites for hydroxylation is 2. The van der Waals surface area contributed by atoms with Gasteiger partial charge in [-0.05, 0) is 90.1 Å². The molecule has 0 fully saturated rings. The van der Waals surface area contributed by atoms with Crippen LogP contribution in [0.4, 0.5) is 51.1 Å². The van der Waals surface area contributed by atoms with Crippen LogP contribution in [0.15, 0.2) is 48.8 Å². The number of pyridine rings is 1. The molecule has 46 heavy (non-hydrogen) atoms. The molecular weight excluding hydrogens is 629 g/mol. The number of fused-ring (bicyclic) bond motifs is 1. The number of tetrazole rings is 1. The van der Waals surface area contributed by atoms with Gasteiger partial charge in [-0.25, -0.2) is 0 Å². The first-order valence-corrected chi connectivity index (χ1v) is 14.1. The predicted octanol–water partition coefficient (Wildman–Crippen LogP) is 7.83. The van der Waals surface area contributed by atoms with E-state index in [2.05, 4.69) is 20.4 Å². The summed E-state index contributed by atoms with van der Waals surface area (Å²) in [6.45, 7) is 2.71. The second-order valence-corrected chi connectivity index (χ2v) is 11.2. The normalized spacial score (nSPS) is 15.9. The molecule has 0 saturated carbocycles. The highest BCUT2D eigenvalue weighted by atomic mass is 19.4. The highest BCUT2D eigenvalue weighted by Crippen LogP contribution is 2.47. The number of halogens is 9. The molecule has 7 nitrogen and oxygen atoms in total. The van der Waals surface area contributed by atoms with E-state index in [0.29, 0.717) is 30.7 Å². The average Bonchev–Trinajstić information content (AvgIpc) is 3.30. The maximum atomic E-state index is 14.4. The molecule has 2 aromatic heterocycles. The summed E-state index contributed by atoms with van der Waals surface area (Å²) in [5.74, 6) is -0.109. The van der Waals surface area contributed by atoms with E-state index < -0.39 is 47.8 Å². The Morgan fingerprint density at radius 3 is 2.02 bits per heavy atom. The Balaban J connectivity index is 1.70. The zero-order chi connectivity index (χ0) is 33.6. The lowest BCUT2D eigenvalue weighted by molar-refractivity contribution is -0.143. The first-order chi connectivity index (χ1) is 21.4. The number of anilines is 2. The molecule has 4 aromatic rings. The SMILES string of the molecule is Cc1cc2c(c(C)c1C(F)(F)F)N(Cc1ccncc1)CCCC2N(Cc1cc(C(F)(F)F)cc(C(F)(F)F)c1)c1nnn(C)n1. The maximum absolute atomic E-state index is 14.4. The van der Waals surface area contributed by atoms with E-state index >= 15 is 0 Å². The van der Waals surface area contributed by atoms with Crippen molar-refractivity contribution in [2.75, 3.05) is 16.3 Å². The van der Waals surface area contributed by atoms with E-state index in [4.69, 9.17) is 0 Å². The van der Waals surface area contributed by atoms with Crippen LogP contribution in [0.3, 0.4) is 0 Å². The molecule has 5 rings (SSSR count). The number of hydrogen-bond donors (Lipinski definition) is 0. The Kier molecular flexibility index (Phi) is 8.68. The molecule has 0 N–H and O–H groups in total. The fraction of sp³-hybridized carbons (Fsp3) is 0.400. The molecule has 1 unspecified atom stereocenters. The van der Waals surface area contributed by atoms with Gasteiger partial charge in [-0.15, -0.1) is 5.10 Å². The van der Waals surface area contributed by atoms with Gasteiger partial charge in [-0.2, -0.15) is 44.3 Å². The third kappa shape index (κ3) is 6.89. The van der Waals surface area contributed by atoms with Gasteiger partial charge < -0.3 is 9.80 Å². The van der Waals surface area contributed by atoms with Crippen molar-refractivity contribution in [3.05, 3.63) is 93.3 Å². The Hall–Kier alpha value is -4.37. The van der Waals surface area contributed by atoms with Crippen molar-refractivity contribution in [3.63, 3.8) is 0 Å². The van der Waals surface area contributed by atoms with E-state index in [9.17, 15) is 39.5 Å². The van der Waals surface area contributed by atoms with Gasteiger partial charge in [0.2, 0.25) is 0 Å². The highest BCUT2D eigenvalue weighted by molar-refractivity contribution is 5.67. The van der Waals surface area contributed by atoms with Crippen molar-refractivity contribution in [2.24, 2.45) is 7.05 Å². The molecule has 246 valence electrons. The topological polar surface area (TPSA) is 63.0 Å². The number of hydrogen-bond acceptors (Lipinski definition) is 6. The Morgan fingerprint density at radius 1 is 0.848 bits per heavy atom. The van der Waals surface area contributed by atoms with Gasteiger partial charge >= 0.3 is 18.5 Å². The molecule has 0 radical (unpaired) electrons. The van der Waals surface area contributed by atoms with Crippen LogP contribution in [-0.4, -0.2) is 31.7 Å². The third-order valence-electron chi connectivity index (χ3n) is 7.89. The highest BCUT2D eigenvalue weighted by Gasteiger charge is 2.41. The van der Waals surface area contributed by atoms with Gasteiger partial charge in [0.05, 0.1) is 29.8 Å². The van der Waals surface area contributed by atoms with Crippen molar-refractivity contribution in [1.82, 2.24) is 25.2 Å². The zero-order valence-corrected chi connectivity index (χ0v) is 24.8. The minimum absolute atomic E-state index is 0.0394. The summed E-state index contributed by atoms with van der Waals surface area (Å²) in [5.41, 5.74) is -2.80. The number of rotatable bonds is 6. The summed E-state index contributed by atoms with van der Waals surface area (Å²) in [6.07, 6.45) is -11.0. The lowest BCUT2D eigenvalue weighted by Crippen LogP contribution is -2.31. The van der Waals surface area contributed by atoms with Crippen molar-refractivity contribution in [1.29, 1.82) is 0 Å². The van der Waals surface area contributed by atoms with Gasteiger partial charge in [-0.3, -0.25) is 4.98 Å². The summed E-state index contributed by atoms with van der Waals surface area (Å²) in [5, 5.41) is 12.0. The Morgan fingerprint density at radius 2 is 1.48 bits per heavy atom. The van der Waals surface area contributed by atoms with E-state index in [1.54, 1.807) is 24.5 Å². The molecule has 1 atom stereocenters. The van der Waals surface area contributed by atoms with Crippen LogP contribution in [0.1, 0.15) is 63.4 Å². The molecule has 1 aliphatic heterocycles. The molecule has 2 aromatic carbocycles. The fourth-order valence-electron chi connectivity index (χ4n) is 6.06. The van der Waals surface area contributed by atoms with E-state index in [0.717, 1.165) is 10.4 Å². The molecular formula is C30H28F9N7. The molecule has 3 heterocycles. The minimum atomic E-state index is -5.07. The fourth-order valence-corrected chi connectivity index (χ4v) is 6.06. The van der Waals surface area contributed by atoms with E-state index in [1.807, 2.05) is 4.90 Å². The molecule has 0 saturated heterocycles. The van der Waals surface area contributed by atoms with Crippen LogP contribution < -0.4 is 9.80 Å². The number of aromatic nitrogens is 5. The van der Waals surface area contributed by atoms with Crippen LogP contribution >= 0.6 is 0 Å². The number of nitrogens with zero attached hydrogens (tertiary/aromatic N) is 7. The van der Waals surface area contributed by atoms with E-state index in [-0.39, 0.29) is 47.4 Å². The van der Waals surface area contributed by atoms with E-state index in [1.165, 1.54) is 31.9 Å². The van der Waals surface area contributed by atoms with Crippen molar-refractivity contribution in [3.8, 4) is 0 Å². The average molecular weight is 658 g/mol.